The minimum atomic E-state index is -0.273. The lowest BCUT2D eigenvalue weighted by molar-refractivity contribution is 0.260. The van der Waals surface area contributed by atoms with E-state index >= 15 is 0 Å². The van der Waals surface area contributed by atoms with Crippen LogP contribution in [-0.4, -0.2) is 0 Å². The fourth-order valence-electron chi connectivity index (χ4n) is 1.85. The number of halogens is 3. The summed E-state index contributed by atoms with van der Waals surface area (Å²) in [4.78, 5) is 0. The summed E-state index contributed by atoms with van der Waals surface area (Å²) in [6, 6.07) is 2.80. The molecule has 0 spiro atoms. The van der Waals surface area contributed by atoms with Crippen LogP contribution < -0.4 is 5.73 Å². The molecule has 1 nitrogen and oxygen atoms in total. The van der Waals surface area contributed by atoms with E-state index < -0.39 is 0 Å². The van der Waals surface area contributed by atoms with Crippen molar-refractivity contribution in [1.82, 2.24) is 0 Å². The van der Waals surface area contributed by atoms with Crippen molar-refractivity contribution < 1.29 is 4.39 Å². The Morgan fingerprint density at radius 1 is 1.47 bits per heavy atom. The summed E-state index contributed by atoms with van der Waals surface area (Å²) in [5.41, 5.74) is 6.54. The number of rotatable bonds is 2. The maximum atomic E-state index is 13.6. The molecule has 1 fully saturated rings. The molecule has 2 N–H and O–H groups in total. The molecule has 0 saturated heterocycles. The Morgan fingerprint density at radius 3 is 2.67 bits per heavy atom. The summed E-state index contributed by atoms with van der Waals surface area (Å²) in [5, 5.41) is 0.515. The van der Waals surface area contributed by atoms with E-state index in [0.29, 0.717) is 21.0 Å². The molecule has 0 aromatic heterocycles. The van der Waals surface area contributed by atoms with E-state index in [9.17, 15) is 4.39 Å². The van der Waals surface area contributed by atoms with Crippen LogP contribution in [0, 0.1) is 11.7 Å². The van der Waals surface area contributed by atoms with Crippen molar-refractivity contribution in [3.8, 4) is 0 Å². The van der Waals surface area contributed by atoms with E-state index in [1.165, 1.54) is 12.5 Å². The standard InChI is InChI=1S/C11H12BrClFN/c12-8-5-10(14)7(4-9(8)13)11(15)6-2-1-3-6/h4-6,11H,1-3,15H2. The van der Waals surface area contributed by atoms with Gasteiger partial charge >= 0.3 is 0 Å². The van der Waals surface area contributed by atoms with Gasteiger partial charge in [0.25, 0.3) is 0 Å². The van der Waals surface area contributed by atoms with Gasteiger partial charge in [0.1, 0.15) is 5.82 Å². The van der Waals surface area contributed by atoms with Crippen molar-refractivity contribution in [3.05, 3.63) is 33.0 Å². The summed E-state index contributed by atoms with van der Waals surface area (Å²) in [6.45, 7) is 0. The quantitative estimate of drug-likeness (QED) is 0.818. The van der Waals surface area contributed by atoms with Gasteiger partial charge in [-0.1, -0.05) is 18.0 Å². The molecule has 1 aliphatic carbocycles. The van der Waals surface area contributed by atoms with Gasteiger partial charge in [-0.2, -0.15) is 0 Å². The van der Waals surface area contributed by atoms with Crippen LogP contribution in [0.1, 0.15) is 30.9 Å². The topological polar surface area (TPSA) is 26.0 Å². The second-order valence-electron chi connectivity index (χ2n) is 4.00. The summed E-state index contributed by atoms with van der Waals surface area (Å²) in [7, 11) is 0. The van der Waals surface area contributed by atoms with E-state index in [4.69, 9.17) is 17.3 Å². The second kappa shape index (κ2) is 4.40. The van der Waals surface area contributed by atoms with Crippen molar-refractivity contribution in [2.24, 2.45) is 11.7 Å². The minimum Gasteiger partial charge on any atom is -0.324 e. The fraction of sp³-hybridized carbons (Fsp3) is 0.455. The van der Waals surface area contributed by atoms with E-state index in [-0.39, 0.29) is 11.9 Å². The van der Waals surface area contributed by atoms with E-state index in [2.05, 4.69) is 15.9 Å². The smallest absolute Gasteiger partial charge is 0.129 e. The normalized spacial score (nSPS) is 18.7. The molecule has 0 bridgehead atoms. The third-order valence-electron chi connectivity index (χ3n) is 3.06. The average molecular weight is 293 g/mol. The van der Waals surface area contributed by atoms with Crippen molar-refractivity contribution in [3.63, 3.8) is 0 Å². The zero-order valence-corrected chi connectivity index (χ0v) is 10.5. The lowest BCUT2D eigenvalue weighted by Crippen LogP contribution is -2.27. The van der Waals surface area contributed by atoms with Gasteiger partial charge in [0.2, 0.25) is 0 Å². The van der Waals surface area contributed by atoms with Crippen LogP contribution in [0.25, 0.3) is 0 Å². The highest BCUT2D eigenvalue weighted by molar-refractivity contribution is 9.10. The molecule has 1 aromatic carbocycles. The molecular weight excluding hydrogens is 280 g/mol. The average Bonchev–Trinajstić information content (AvgIpc) is 2.08. The summed E-state index contributed by atoms with van der Waals surface area (Å²) < 4.78 is 14.2. The molecule has 1 atom stereocenters. The Kier molecular flexibility index (Phi) is 3.33. The van der Waals surface area contributed by atoms with Gasteiger partial charge in [0.15, 0.2) is 0 Å². The number of hydrogen-bond acceptors (Lipinski definition) is 1. The monoisotopic (exact) mass is 291 g/mol. The molecule has 0 heterocycles. The van der Waals surface area contributed by atoms with Gasteiger partial charge in [-0.25, -0.2) is 4.39 Å². The minimum absolute atomic E-state index is 0.218. The summed E-state index contributed by atoms with van der Waals surface area (Å²) in [6.07, 6.45) is 3.38. The van der Waals surface area contributed by atoms with Crippen molar-refractivity contribution >= 4 is 27.5 Å². The first-order valence-corrected chi connectivity index (χ1v) is 6.16. The van der Waals surface area contributed by atoms with E-state index in [1.54, 1.807) is 6.07 Å². The number of hydrogen-bond donors (Lipinski definition) is 1. The highest BCUT2D eigenvalue weighted by Crippen LogP contribution is 2.38. The summed E-state index contributed by atoms with van der Waals surface area (Å²) >= 11 is 9.11. The number of benzene rings is 1. The van der Waals surface area contributed by atoms with E-state index in [0.717, 1.165) is 12.8 Å². The fourth-order valence-corrected chi connectivity index (χ4v) is 2.33. The second-order valence-corrected chi connectivity index (χ2v) is 5.27. The maximum absolute atomic E-state index is 13.6. The molecule has 4 heteroatoms. The predicted molar refractivity (Wildman–Crippen MR) is 63.4 cm³/mol. The van der Waals surface area contributed by atoms with Gasteiger partial charge in [-0.15, -0.1) is 0 Å². The maximum Gasteiger partial charge on any atom is 0.129 e. The molecule has 1 aromatic rings. The van der Waals surface area contributed by atoms with Crippen LogP contribution in [0.15, 0.2) is 16.6 Å². The Labute approximate surface area is 102 Å². The van der Waals surface area contributed by atoms with Crippen molar-refractivity contribution in [1.29, 1.82) is 0 Å². The molecule has 0 aliphatic heterocycles. The molecule has 82 valence electrons. The van der Waals surface area contributed by atoms with Gasteiger partial charge in [-0.05, 0) is 46.8 Å². The molecule has 1 aliphatic rings. The van der Waals surface area contributed by atoms with Crippen LogP contribution in [0.3, 0.4) is 0 Å². The molecule has 15 heavy (non-hydrogen) atoms. The van der Waals surface area contributed by atoms with E-state index in [1.807, 2.05) is 0 Å². The third-order valence-corrected chi connectivity index (χ3v) is 4.25. The van der Waals surface area contributed by atoms with Crippen LogP contribution in [0.5, 0.6) is 0 Å². The van der Waals surface area contributed by atoms with Crippen LogP contribution in [-0.2, 0) is 0 Å². The highest BCUT2D eigenvalue weighted by atomic mass is 79.9. The highest BCUT2D eigenvalue weighted by Gasteiger charge is 2.27. The van der Waals surface area contributed by atoms with Crippen molar-refractivity contribution in [2.45, 2.75) is 25.3 Å². The molecule has 2 rings (SSSR count). The predicted octanol–water partition coefficient (Wildman–Crippen LogP) is 4.04. The lowest BCUT2D eigenvalue weighted by Gasteiger charge is -2.31. The van der Waals surface area contributed by atoms with Crippen LogP contribution >= 0.6 is 27.5 Å². The van der Waals surface area contributed by atoms with Crippen LogP contribution in [0.4, 0.5) is 4.39 Å². The molecule has 0 radical (unpaired) electrons. The zero-order valence-electron chi connectivity index (χ0n) is 8.14. The molecule has 1 unspecified atom stereocenters. The first kappa shape index (κ1) is 11.4. The SMILES string of the molecule is NC(c1cc(Cl)c(Br)cc1F)C1CCC1. The van der Waals surface area contributed by atoms with Gasteiger partial charge < -0.3 is 5.73 Å². The molecule has 0 amide bonds. The van der Waals surface area contributed by atoms with Gasteiger partial charge in [0.05, 0.1) is 5.02 Å². The van der Waals surface area contributed by atoms with Crippen molar-refractivity contribution in [2.75, 3.05) is 0 Å². The molecular formula is C11H12BrClFN. The number of nitrogens with two attached hydrogens (primary N) is 1. The Balaban J connectivity index is 2.30. The lowest BCUT2D eigenvalue weighted by atomic mass is 9.77. The Hall–Kier alpha value is -0.120. The van der Waals surface area contributed by atoms with Crippen LogP contribution in [0.2, 0.25) is 5.02 Å². The van der Waals surface area contributed by atoms with Gasteiger partial charge in [-0.3, -0.25) is 0 Å². The molecule has 1 saturated carbocycles. The Bertz CT molecular complexity index is 379. The Morgan fingerprint density at radius 2 is 2.13 bits per heavy atom. The third kappa shape index (κ3) is 2.19. The zero-order chi connectivity index (χ0) is 11.0. The van der Waals surface area contributed by atoms with Gasteiger partial charge in [0, 0.05) is 16.1 Å². The largest absolute Gasteiger partial charge is 0.324 e. The first-order valence-electron chi connectivity index (χ1n) is 4.99. The first-order chi connectivity index (χ1) is 7.09. The summed E-state index contributed by atoms with van der Waals surface area (Å²) in [5.74, 6) is 0.141.